The van der Waals surface area contributed by atoms with Crippen LogP contribution in [-0.2, 0) is 30.5 Å². The number of aliphatic carboxylic acids is 1. The standard InChI is InChI=1S/C40H42ClF3N4O6/c1-39(51)17-24(18-39)45-19-22-12-14-31(47-35(22)52-2)29-9-5-8-28(33(29)41)25-6-4-7-27-26(25)13-15-32(27)54-37-30(40(42,43)44)16-23(36(48-37)53-3)20-46-34(38(49)50)21-10-11-21/h4-9,12,14,16,21,24,32,34,45-46,51H,10-11,13,15,17-20H2,1-3H3,(H,49,50)/t24-,32-,34?,39-/m0/s1. The first-order valence-corrected chi connectivity index (χ1v) is 18.3. The van der Waals surface area contributed by atoms with Crippen molar-refractivity contribution >= 4 is 17.6 Å². The molecule has 0 amide bonds. The van der Waals surface area contributed by atoms with Crippen molar-refractivity contribution in [3.63, 3.8) is 0 Å². The number of alkyl halides is 3. The van der Waals surface area contributed by atoms with Crippen molar-refractivity contribution in [1.82, 2.24) is 20.6 Å². The Hall–Kier alpha value is -4.43. The van der Waals surface area contributed by atoms with E-state index >= 15 is 0 Å². The van der Waals surface area contributed by atoms with E-state index < -0.39 is 41.3 Å². The lowest BCUT2D eigenvalue weighted by Gasteiger charge is -2.41. The zero-order valence-electron chi connectivity index (χ0n) is 30.1. The molecule has 2 heterocycles. The second kappa shape index (κ2) is 15.0. The number of fused-ring (bicyclic) bond motifs is 1. The average molecular weight is 767 g/mol. The summed E-state index contributed by atoms with van der Waals surface area (Å²) in [6, 6.07) is 15.4. The Bertz CT molecular complexity index is 2050. The van der Waals surface area contributed by atoms with E-state index in [9.17, 15) is 28.2 Å². The molecule has 0 bridgehead atoms. The molecule has 286 valence electrons. The van der Waals surface area contributed by atoms with Crippen LogP contribution in [0.4, 0.5) is 13.2 Å². The average Bonchev–Trinajstić information content (AvgIpc) is 3.88. The Morgan fingerprint density at radius 3 is 2.30 bits per heavy atom. The van der Waals surface area contributed by atoms with Crippen LogP contribution in [0.1, 0.15) is 72.9 Å². The highest BCUT2D eigenvalue weighted by Crippen LogP contribution is 2.46. The summed E-state index contributed by atoms with van der Waals surface area (Å²) in [5.41, 5.74) is 3.78. The van der Waals surface area contributed by atoms with Crippen LogP contribution >= 0.6 is 11.6 Å². The van der Waals surface area contributed by atoms with Crippen molar-refractivity contribution in [3.05, 3.63) is 87.4 Å². The maximum Gasteiger partial charge on any atom is 0.421 e. The molecule has 2 aromatic heterocycles. The first kappa shape index (κ1) is 37.9. The Labute approximate surface area is 316 Å². The third-order valence-corrected chi connectivity index (χ3v) is 10.9. The Balaban J connectivity index is 1.13. The smallest absolute Gasteiger partial charge is 0.421 e. The minimum Gasteiger partial charge on any atom is -0.481 e. The summed E-state index contributed by atoms with van der Waals surface area (Å²) in [5, 5.41) is 26.4. The highest BCUT2D eigenvalue weighted by Gasteiger charge is 2.40. The number of rotatable bonds is 14. The number of nitrogens with one attached hydrogen (secondary N) is 2. The van der Waals surface area contributed by atoms with E-state index in [2.05, 4.69) is 15.6 Å². The number of carboxylic acids is 1. The van der Waals surface area contributed by atoms with Gasteiger partial charge in [-0.25, -0.2) is 4.98 Å². The molecule has 0 saturated heterocycles. The van der Waals surface area contributed by atoms with Crippen LogP contribution in [0.5, 0.6) is 17.6 Å². The summed E-state index contributed by atoms with van der Waals surface area (Å²) in [6.45, 7) is 2.19. The third-order valence-electron chi connectivity index (χ3n) is 10.5. The number of halogens is 4. The highest BCUT2D eigenvalue weighted by molar-refractivity contribution is 6.36. The fourth-order valence-electron chi connectivity index (χ4n) is 7.62. The van der Waals surface area contributed by atoms with Gasteiger partial charge < -0.3 is 29.7 Å². The van der Waals surface area contributed by atoms with E-state index in [1.807, 2.05) is 55.5 Å². The second-order valence-electron chi connectivity index (χ2n) is 14.6. The van der Waals surface area contributed by atoms with E-state index in [-0.39, 0.29) is 29.9 Å². The largest absolute Gasteiger partial charge is 0.481 e. The van der Waals surface area contributed by atoms with E-state index in [0.29, 0.717) is 54.4 Å². The van der Waals surface area contributed by atoms with Gasteiger partial charge in [0.1, 0.15) is 17.7 Å². The van der Waals surface area contributed by atoms with Crippen LogP contribution in [0.3, 0.4) is 0 Å². The van der Waals surface area contributed by atoms with Gasteiger partial charge in [0.2, 0.25) is 17.6 Å². The second-order valence-corrected chi connectivity index (χ2v) is 15.0. The highest BCUT2D eigenvalue weighted by atomic mass is 35.5. The van der Waals surface area contributed by atoms with E-state index in [1.165, 1.54) is 7.11 Å². The van der Waals surface area contributed by atoms with E-state index in [1.54, 1.807) is 7.11 Å². The number of hydrogen-bond acceptors (Lipinski definition) is 9. The molecule has 2 aromatic carbocycles. The molecule has 10 nitrogen and oxygen atoms in total. The summed E-state index contributed by atoms with van der Waals surface area (Å²) in [7, 11) is 2.86. The summed E-state index contributed by atoms with van der Waals surface area (Å²) in [4.78, 5) is 20.6. The minimum atomic E-state index is -4.80. The van der Waals surface area contributed by atoms with Crippen molar-refractivity contribution in [3.8, 4) is 40.0 Å². The Morgan fingerprint density at radius 1 is 0.944 bits per heavy atom. The van der Waals surface area contributed by atoms with Crippen LogP contribution < -0.4 is 24.8 Å². The van der Waals surface area contributed by atoms with Crippen molar-refractivity contribution in [2.24, 2.45) is 5.92 Å². The number of nitrogens with zero attached hydrogens (tertiary/aromatic N) is 2. The first-order chi connectivity index (χ1) is 25.8. The van der Waals surface area contributed by atoms with Gasteiger partial charge in [-0.2, -0.15) is 18.2 Å². The Morgan fingerprint density at radius 2 is 1.63 bits per heavy atom. The number of methoxy groups -OCH3 is 2. The number of carbonyl (C=O) groups is 1. The lowest BCUT2D eigenvalue weighted by Crippen LogP contribution is -2.51. The van der Waals surface area contributed by atoms with Gasteiger partial charge in [0.25, 0.3) is 0 Å². The topological polar surface area (TPSA) is 135 Å². The molecule has 4 aromatic rings. The zero-order chi connectivity index (χ0) is 38.4. The first-order valence-electron chi connectivity index (χ1n) is 17.9. The lowest BCUT2D eigenvalue weighted by molar-refractivity contribution is -0.141. The van der Waals surface area contributed by atoms with Crippen LogP contribution in [0.25, 0.3) is 22.4 Å². The number of benzene rings is 2. The van der Waals surface area contributed by atoms with Gasteiger partial charge in [-0.05, 0) is 80.2 Å². The van der Waals surface area contributed by atoms with Crippen LogP contribution in [0.2, 0.25) is 5.02 Å². The van der Waals surface area contributed by atoms with Gasteiger partial charge in [-0.1, -0.05) is 54.1 Å². The molecule has 2 fully saturated rings. The number of aromatic nitrogens is 2. The minimum absolute atomic E-state index is 0.0618. The van der Waals surface area contributed by atoms with Gasteiger partial charge in [0.05, 0.1) is 30.5 Å². The van der Waals surface area contributed by atoms with Gasteiger partial charge in [0.15, 0.2) is 0 Å². The molecule has 54 heavy (non-hydrogen) atoms. The molecule has 0 radical (unpaired) electrons. The normalized spacial score (nSPS) is 21.3. The van der Waals surface area contributed by atoms with E-state index in [0.717, 1.165) is 46.7 Å². The number of pyridine rings is 2. The number of aliphatic hydroxyl groups is 1. The summed E-state index contributed by atoms with van der Waals surface area (Å²) < 4.78 is 60.5. The molecule has 3 aliphatic rings. The number of carboxylic acid groups (broad SMARTS) is 1. The maximum absolute atomic E-state index is 14.5. The molecule has 7 rings (SSSR count). The maximum atomic E-state index is 14.5. The fourth-order valence-corrected chi connectivity index (χ4v) is 7.94. The molecule has 4 N–H and O–H groups in total. The van der Waals surface area contributed by atoms with Crippen LogP contribution in [0.15, 0.2) is 54.6 Å². The molecular formula is C40H42ClF3N4O6. The monoisotopic (exact) mass is 766 g/mol. The Kier molecular flexibility index (Phi) is 10.5. The van der Waals surface area contributed by atoms with Crippen molar-refractivity contribution < 1.29 is 42.4 Å². The quantitative estimate of drug-likeness (QED) is 0.102. The molecule has 0 spiro atoms. The molecule has 0 aliphatic heterocycles. The summed E-state index contributed by atoms with van der Waals surface area (Å²) in [5.74, 6) is -1.34. The third kappa shape index (κ3) is 7.86. The predicted molar refractivity (Wildman–Crippen MR) is 196 cm³/mol. The van der Waals surface area contributed by atoms with E-state index in [4.69, 9.17) is 30.8 Å². The predicted octanol–water partition coefficient (Wildman–Crippen LogP) is 7.52. The van der Waals surface area contributed by atoms with Crippen molar-refractivity contribution in [2.45, 2.75) is 88.5 Å². The van der Waals surface area contributed by atoms with Gasteiger partial charge in [-0.15, -0.1) is 0 Å². The number of ether oxygens (including phenoxy) is 3. The van der Waals surface area contributed by atoms with Crippen LogP contribution in [0, 0.1) is 5.92 Å². The van der Waals surface area contributed by atoms with Crippen LogP contribution in [-0.4, -0.2) is 58.1 Å². The molecule has 3 aliphatic carbocycles. The molecule has 2 saturated carbocycles. The van der Waals surface area contributed by atoms with Gasteiger partial charge in [-0.3, -0.25) is 10.1 Å². The fraction of sp³-hybridized carbons (Fsp3) is 0.425. The molecule has 2 atom stereocenters. The SMILES string of the molecule is COc1nc(-c2cccc(-c3cccc4c3CC[C@@H]4Oc3nc(OC)c(CNC(C(=O)O)C4CC4)cc3C(F)(F)F)c2Cl)ccc1CN[C@H]1C[C@](C)(O)C1. The van der Waals surface area contributed by atoms with Crippen molar-refractivity contribution in [1.29, 1.82) is 0 Å². The molecular weight excluding hydrogens is 725 g/mol. The van der Waals surface area contributed by atoms with Crippen molar-refractivity contribution in [2.75, 3.05) is 14.2 Å². The molecule has 1 unspecified atom stereocenters. The van der Waals surface area contributed by atoms with Gasteiger partial charge in [0, 0.05) is 41.4 Å². The zero-order valence-corrected chi connectivity index (χ0v) is 30.9. The lowest BCUT2D eigenvalue weighted by atomic mass is 9.77. The summed E-state index contributed by atoms with van der Waals surface area (Å²) in [6.07, 6.45) is -1.74. The molecule has 14 heteroatoms. The number of hydrogen-bond donors (Lipinski definition) is 4. The van der Waals surface area contributed by atoms with Gasteiger partial charge >= 0.3 is 12.1 Å². The summed E-state index contributed by atoms with van der Waals surface area (Å²) >= 11 is 7.10.